The molecule has 1 aromatic rings. The van der Waals surface area contributed by atoms with Crippen molar-refractivity contribution in [2.75, 3.05) is 25.6 Å². The fraction of sp³-hybridized carbons (Fsp3) is 0.500. The molecule has 1 aromatic heterocycles. The van der Waals surface area contributed by atoms with E-state index in [0.29, 0.717) is 0 Å². The molecule has 0 bridgehead atoms. The summed E-state index contributed by atoms with van der Waals surface area (Å²) < 4.78 is 0. The average Bonchev–Trinajstić information content (AvgIpc) is 2.73. The van der Waals surface area contributed by atoms with Crippen LogP contribution in [-0.2, 0) is 0 Å². The van der Waals surface area contributed by atoms with E-state index in [1.807, 2.05) is 0 Å². The van der Waals surface area contributed by atoms with Gasteiger partial charge in [-0.15, -0.1) is 11.3 Å². The van der Waals surface area contributed by atoms with E-state index in [1.54, 1.807) is 0 Å². The van der Waals surface area contributed by atoms with Crippen molar-refractivity contribution in [3.8, 4) is 0 Å². The molecule has 90 valence electrons. The fourth-order valence-corrected chi connectivity index (χ4v) is 1.51. The van der Waals surface area contributed by atoms with Crippen LogP contribution in [0.1, 0.15) is 10.5 Å². The lowest BCUT2D eigenvalue weighted by atomic mass is 10.0. The Bertz CT molecular complexity index is 356. The molecule has 1 amide bonds. The second-order valence-corrected chi connectivity index (χ2v) is 4.17. The molecule has 0 fully saturated rings. The summed E-state index contributed by atoms with van der Waals surface area (Å²) in [6.07, 6.45) is 0. The monoisotopic (exact) mass is 247 g/mol. The van der Waals surface area contributed by atoms with Gasteiger partial charge < -0.3 is 26.4 Å². The van der Waals surface area contributed by atoms with Gasteiger partial charge in [0, 0.05) is 5.38 Å². The van der Waals surface area contributed by atoms with Crippen molar-refractivity contribution in [1.29, 1.82) is 0 Å². The van der Waals surface area contributed by atoms with Crippen LogP contribution in [0.5, 0.6) is 0 Å². The number of nitrogen functional groups attached to an aromatic ring is 1. The van der Waals surface area contributed by atoms with Crippen molar-refractivity contribution >= 4 is 22.4 Å². The van der Waals surface area contributed by atoms with E-state index in [0.717, 1.165) is 11.3 Å². The first-order chi connectivity index (χ1) is 7.56. The zero-order chi connectivity index (χ0) is 12.2. The number of anilines is 1. The molecule has 0 unspecified atom stereocenters. The highest BCUT2D eigenvalue weighted by atomic mass is 32.1. The van der Waals surface area contributed by atoms with Crippen LogP contribution < -0.4 is 11.1 Å². The molecular formula is C8H13N3O4S. The molecule has 0 saturated heterocycles. The van der Waals surface area contributed by atoms with Crippen LogP contribution in [-0.4, -0.2) is 51.6 Å². The number of aliphatic hydroxyl groups excluding tert-OH is 3. The minimum atomic E-state index is -1.45. The zero-order valence-corrected chi connectivity index (χ0v) is 9.20. The Kier molecular flexibility index (Phi) is 4.19. The van der Waals surface area contributed by atoms with Gasteiger partial charge in [0.25, 0.3) is 5.91 Å². The molecular weight excluding hydrogens is 234 g/mol. The van der Waals surface area contributed by atoms with Gasteiger partial charge in [-0.1, -0.05) is 0 Å². The highest BCUT2D eigenvalue weighted by molar-refractivity contribution is 7.13. The van der Waals surface area contributed by atoms with Crippen molar-refractivity contribution in [1.82, 2.24) is 10.3 Å². The number of aromatic nitrogens is 1. The molecule has 1 rings (SSSR count). The topological polar surface area (TPSA) is 129 Å². The molecule has 1 heterocycles. The first-order valence-corrected chi connectivity index (χ1v) is 5.31. The van der Waals surface area contributed by atoms with Gasteiger partial charge in [-0.3, -0.25) is 4.79 Å². The number of rotatable bonds is 5. The van der Waals surface area contributed by atoms with Crippen LogP contribution in [0.2, 0.25) is 0 Å². The Morgan fingerprint density at radius 1 is 1.44 bits per heavy atom. The molecule has 16 heavy (non-hydrogen) atoms. The number of nitrogens with two attached hydrogens (primary N) is 1. The van der Waals surface area contributed by atoms with Crippen LogP contribution in [0.25, 0.3) is 0 Å². The van der Waals surface area contributed by atoms with Crippen molar-refractivity contribution in [3.05, 3.63) is 11.1 Å². The minimum Gasteiger partial charge on any atom is -0.394 e. The third-order valence-corrected chi connectivity index (χ3v) is 2.72. The van der Waals surface area contributed by atoms with Crippen LogP contribution in [0, 0.1) is 0 Å². The highest BCUT2D eigenvalue weighted by Crippen LogP contribution is 2.12. The first kappa shape index (κ1) is 12.8. The number of nitrogens with one attached hydrogen (secondary N) is 1. The molecule has 0 spiro atoms. The quantitative estimate of drug-likeness (QED) is 0.416. The van der Waals surface area contributed by atoms with Crippen molar-refractivity contribution in [2.45, 2.75) is 5.54 Å². The SMILES string of the molecule is Nc1nc(C(=O)NC(CO)(CO)CO)cs1. The lowest BCUT2D eigenvalue weighted by Gasteiger charge is -2.28. The van der Waals surface area contributed by atoms with Gasteiger partial charge in [0.2, 0.25) is 0 Å². The molecule has 0 aliphatic heterocycles. The number of amides is 1. The summed E-state index contributed by atoms with van der Waals surface area (Å²) in [6, 6.07) is 0. The number of hydrogen-bond acceptors (Lipinski definition) is 7. The third-order valence-electron chi connectivity index (χ3n) is 2.04. The van der Waals surface area contributed by atoms with Crippen molar-refractivity contribution < 1.29 is 20.1 Å². The van der Waals surface area contributed by atoms with E-state index in [-0.39, 0.29) is 10.8 Å². The maximum absolute atomic E-state index is 11.6. The Morgan fingerprint density at radius 2 is 2.00 bits per heavy atom. The normalized spacial score (nSPS) is 11.4. The van der Waals surface area contributed by atoms with Gasteiger partial charge in [0.15, 0.2) is 5.13 Å². The Morgan fingerprint density at radius 3 is 2.38 bits per heavy atom. The van der Waals surface area contributed by atoms with Gasteiger partial charge in [-0.2, -0.15) is 0 Å². The highest BCUT2D eigenvalue weighted by Gasteiger charge is 2.30. The van der Waals surface area contributed by atoms with E-state index in [2.05, 4.69) is 10.3 Å². The number of hydrogen-bond donors (Lipinski definition) is 5. The summed E-state index contributed by atoms with van der Waals surface area (Å²) in [5, 5.41) is 31.0. The van der Waals surface area contributed by atoms with Gasteiger partial charge in [-0.25, -0.2) is 4.98 Å². The number of nitrogens with zero attached hydrogens (tertiary/aromatic N) is 1. The summed E-state index contributed by atoms with van der Waals surface area (Å²) in [5.41, 5.74) is 3.99. The van der Waals surface area contributed by atoms with Gasteiger partial charge in [0.1, 0.15) is 11.2 Å². The van der Waals surface area contributed by atoms with E-state index < -0.39 is 31.3 Å². The van der Waals surface area contributed by atoms with Gasteiger partial charge in [-0.05, 0) is 0 Å². The molecule has 0 aliphatic carbocycles. The number of thiazole rings is 1. The largest absolute Gasteiger partial charge is 0.394 e. The van der Waals surface area contributed by atoms with E-state index in [4.69, 9.17) is 21.1 Å². The van der Waals surface area contributed by atoms with Crippen molar-refractivity contribution in [3.63, 3.8) is 0 Å². The summed E-state index contributed by atoms with van der Waals surface area (Å²) >= 11 is 1.10. The summed E-state index contributed by atoms with van der Waals surface area (Å²) in [5.74, 6) is -0.606. The van der Waals surface area contributed by atoms with Crippen LogP contribution in [0.15, 0.2) is 5.38 Å². The molecule has 8 heteroatoms. The molecule has 0 aromatic carbocycles. The Balaban J connectivity index is 2.76. The lowest BCUT2D eigenvalue weighted by molar-refractivity contribution is 0.0373. The predicted molar refractivity (Wildman–Crippen MR) is 58.0 cm³/mol. The number of carbonyl (C=O) groups is 1. The Hall–Kier alpha value is -1.22. The molecule has 0 saturated carbocycles. The molecule has 0 atom stereocenters. The standard InChI is InChI=1S/C8H13N3O4S/c9-7-10-5(1-16-7)6(15)11-8(2-12,3-13)4-14/h1,12-14H,2-4H2,(H2,9,10)(H,11,15). The average molecular weight is 247 g/mol. The summed E-state index contributed by atoms with van der Waals surface area (Å²) in [6.45, 7) is -1.73. The summed E-state index contributed by atoms with van der Waals surface area (Å²) in [4.78, 5) is 15.3. The van der Waals surface area contributed by atoms with E-state index in [9.17, 15) is 4.79 Å². The van der Waals surface area contributed by atoms with E-state index >= 15 is 0 Å². The third kappa shape index (κ3) is 2.67. The first-order valence-electron chi connectivity index (χ1n) is 4.43. The van der Waals surface area contributed by atoms with Crippen molar-refractivity contribution in [2.24, 2.45) is 0 Å². The smallest absolute Gasteiger partial charge is 0.271 e. The van der Waals surface area contributed by atoms with Crippen LogP contribution in [0.3, 0.4) is 0 Å². The fourth-order valence-electron chi connectivity index (χ4n) is 0.965. The maximum atomic E-state index is 11.6. The van der Waals surface area contributed by atoms with E-state index in [1.165, 1.54) is 5.38 Å². The molecule has 0 aliphatic rings. The number of carbonyl (C=O) groups excluding carboxylic acids is 1. The van der Waals surface area contributed by atoms with Gasteiger partial charge >= 0.3 is 0 Å². The lowest BCUT2D eigenvalue weighted by Crippen LogP contribution is -2.57. The Labute approximate surface area is 95.6 Å². The van der Waals surface area contributed by atoms with Gasteiger partial charge in [0.05, 0.1) is 19.8 Å². The molecule has 7 nitrogen and oxygen atoms in total. The zero-order valence-electron chi connectivity index (χ0n) is 8.38. The maximum Gasteiger partial charge on any atom is 0.271 e. The minimum absolute atomic E-state index is 0.0854. The number of aliphatic hydroxyl groups is 3. The predicted octanol–water partition coefficient (Wildman–Crippen LogP) is -1.83. The van der Waals surface area contributed by atoms with Crippen LogP contribution in [0.4, 0.5) is 5.13 Å². The molecule has 0 radical (unpaired) electrons. The van der Waals surface area contributed by atoms with Crippen LogP contribution >= 0.6 is 11.3 Å². The second kappa shape index (κ2) is 5.21. The second-order valence-electron chi connectivity index (χ2n) is 3.28. The summed E-state index contributed by atoms with van der Waals surface area (Å²) in [7, 11) is 0. The molecule has 6 N–H and O–H groups in total.